The van der Waals surface area contributed by atoms with Gasteiger partial charge in [0.1, 0.15) is 13.2 Å². The Kier molecular flexibility index (Phi) is 4.84. The number of carbonyl (C=O) groups is 1. The molecular weight excluding hydrogens is 274 g/mol. The van der Waals surface area contributed by atoms with E-state index in [0.29, 0.717) is 24.0 Å². The Balaban J connectivity index is 1.87. The lowest BCUT2D eigenvalue weighted by atomic mass is 10.2. The van der Waals surface area contributed by atoms with Gasteiger partial charge in [-0.05, 0) is 26.0 Å². The fourth-order valence-corrected chi connectivity index (χ4v) is 2.38. The molecule has 0 aromatic heterocycles. The predicted molar refractivity (Wildman–Crippen MR) is 81.4 cm³/mol. The van der Waals surface area contributed by atoms with E-state index >= 15 is 0 Å². The molecule has 0 bridgehead atoms. The van der Waals surface area contributed by atoms with Gasteiger partial charge < -0.3 is 9.47 Å². The van der Waals surface area contributed by atoms with E-state index in [2.05, 4.69) is 11.6 Å². The summed E-state index contributed by atoms with van der Waals surface area (Å²) in [4.78, 5) is 15.7. The van der Waals surface area contributed by atoms with Crippen molar-refractivity contribution in [2.45, 2.75) is 19.1 Å². The van der Waals surface area contributed by atoms with Gasteiger partial charge in [-0.2, -0.15) is 0 Å². The highest BCUT2D eigenvalue weighted by molar-refractivity contribution is 8.14. The van der Waals surface area contributed by atoms with Crippen molar-refractivity contribution in [3.63, 3.8) is 0 Å². The first-order chi connectivity index (χ1) is 9.54. The molecule has 1 fully saturated rings. The van der Waals surface area contributed by atoms with Crippen molar-refractivity contribution < 1.29 is 14.3 Å². The van der Waals surface area contributed by atoms with Gasteiger partial charge >= 0.3 is 5.97 Å². The van der Waals surface area contributed by atoms with E-state index in [9.17, 15) is 4.79 Å². The summed E-state index contributed by atoms with van der Waals surface area (Å²) in [6, 6.07) is 7.90. The zero-order valence-corrected chi connectivity index (χ0v) is 12.4. The molecule has 0 saturated carbocycles. The molecule has 1 atom stereocenters. The molecule has 0 amide bonds. The SMILES string of the molecule is C=C(C)C(=O)OCC1COC(=Nc2ccc(C)cc2)S1. The van der Waals surface area contributed by atoms with Gasteiger partial charge in [0.05, 0.1) is 10.9 Å². The number of carbonyl (C=O) groups excluding carboxylic acids is 1. The van der Waals surface area contributed by atoms with Crippen LogP contribution in [0.15, 0.2) is 41.4 Å². The molecule has 1 aromatic carbocycles. The number of rotatable bonds is 4. The summed E-state index contributed by atoms with van der Waals surface area (Å²) in [5.41, 5.74) is 2.46. The maximum absolute atomic E-state index is 11.3. The van der Waals surface area contributed by atoms with Gasteiger partial charge in [0.2, 0.25) is 0 Å². The fraction of sp³-hybridized carbons (Fsp3) is 0.333. The quantitative estimate of drug-likeness (QED) is 0.631. The van der Waals surface area contributed by atoms with Crippen molar-refractivity contribution in [1.29, 1.82) is 0 Å². The molecule has 0 N–H and O–H groups in total. The molecule has 2 rings (SSSR count). The normalized spacial score (nSPS) is 19.7. The summed E-state index contributed by atoms with van der Waals surface area (Å²) < 4.78 is 10.6. The molecule has 1 heterocycles. The van der Waals surface area contributed by atoms with Gasteiger partial charge in [-0.25, -0.2) is 9.79 Å². The molecular formula is C15H17NO3S. The van der Waals surface area contributed by atoms with Crippen LogP contribution in [-0.2, 0) is 14.3 Å². The second-order valence-electron chi connectivity index (χ2n) is 4.64. The summed E-state index contributed by atoms with van der Waals surface area (Å²) >= 11 is 1.48. The summed E-state index contributed by atoms with van der Waals surface area (Å²) in [5.74, 6) is -0.366. The first kappa shape index (κ1) is 14.7. The lowest BCUT2D eigenvalue weighted by Crippen LogP contribution is -2.16. The first-order valence-electron chi connectivity index (χ1n) is 6.32. The molecule has 1 saturated heterocycles. The molecule has 1 aliphatic rings. The average Bonchev–Trinajstić information content (AvgIpc) is 2.86. The minimum absolute atomic E-state index is 0.0856. The van der Waals surface area contributed by atoms with E-state index in [0.717, 1.165) is 5.69 Å². The molecule has 0 spiro atoms. The number of ether oxygens (including phenoxy) is 2. The Bertz CT molecular complexity index is 537. The number of aliphatic imine (C=N–C) groups is 1. The van der Waals surface area contributed by atoms with E-state index in [-0.39, 0.29) is 11.2 Å². The van der Waals surface area contributed by atoms with Crippen LogP contribution in [0.5, 0.6) is 0 Å². The van der Waals surface area contributed by atoms with Gasteiger partial charge in [0.25, 0.3) is 5.23 Å². The topological polar surface area (TPSA) is 47.9 Å². The second-order valence-corrected chi connectivity index (χ2v) is 5.89. The number of hydrogen-bond acceptors (Lipinski definition) is 5. The third kappa shape index (κ3) is 4.13. The van der Waals surface area contributed by atoms with Gasteiger partial charge in [-0.15, -0.1) is 0 Å². The highest BCUT2D eigenvalue weighted by Crippen LogP contribution is 2.26. The summed E-state index contributed by atoms with van der Waals surface area (Å²) in [5, 5.41) is 0.702. The maximum Gasteiger partial charge on any atom is 0.333 e. The molecule has 106 valence electrons. The highest BCUT2D eigenvalue weighted by atomic mass is 32.2. The fourth-order valence-electron chi connectivity index (χ4n) is 1.53. The van der Waals surface area contributed by atoms with Crippen molar-refractivity contribution in [3.05, 3.63) is 42.0 Å². The van der Waals surface area contributed by atoms with E-state index in [1.54, 1.807) is 6.92 Å². The van der Waals surface area contributed by atoms with Gasteiger partial charge in [-0.3, -0.25) is 0 Å². The van der Waals surface area contributed by atoms with E-state index in [1.165, 1.54) is 17.3 Å². The van der Waals surface area contributed by atoms with Crippen LogP contribution in [0, 0.1) is 6.92 Å². The Morgan fingerprint density at radius 1 is 1.50 bits per heavy atom. The Morgan fingerprint density at radius 3 is 2.85 bits per heavy atom. The minimum atomic E-state index is -0.366. The van der Waals surface area contributed by atoms with Crippen LogP contribution in [0.25, 0.3) is 0 Å². The Hall–Kier alpha value is -1.75. The summed E-state index contributed by atoms with van der Waals surface area (Å²) in [6.45, 7) is 8.01. The summed E-state index contributed by atoms with van der Waals surface area (Å²) in [7, 11) is 0. The molecule has 20 heavy (non-hydrogen) atoms. The van der Waals surface area contributed by atoms with Crippen LogP contribution in [0.1, 0.15) is 12.5 Å². The van der Waals surface area contributed by atoms with Crippen LogP contribution in [0.4, 0.5) is 5.69 Å². The van der Waals surface area contributed by atoms with Crippen molar-refractivity contribution >= 4 is 28.6 Å². The van der Waals surface area contributed by atoms with Crippen LogP contribution >= 0.6 is 11.8 Å². The number of hydrogen-bond donors (Lipinski definition) is 0. The van der Waals surface area contributed by atoms with Crippen LogP contribution < -0.4 is 0 Å². The van der Waals surface area contributed by atoms with Gasteiger partial charge in [-0.1, -0.05) is 36.0 Å². The van der Waals surface area contributed by atoms with Crippen molar-refractivity contribution in [2.24, 2.45) is 4.99 Å². The van der Waals surface area contributed by atoms with E-state index in [4.69, 9.17) is 9.47 Å². The van der Waals surface area contributed by atoms with Gasteiger partial charge in [0.15, 0.2) is 0 Å². The van der Waals surface area contributed by atoms with Crippen LogP contribution in [0.2, 0.25) is 0 Å². The molecule has 1 aliphatic heterocycles. The molecule has 4 nitrogen and oxygen atoms in total. The number of thioether (sulfide) groups is 1. The molecule has 1 unspecified atom stereocenters. The largest absolute Gasteiger partial charge is 0.471 e. The van der Waals surface area contributed by atoms with Crippen LogP contribution in [-0.4, -0.2) is 29.7 Å². The monoisotopic (exact) mass is 291 g/mol. The Morgan fingerprint density at radius 2 is 2.20 bits per heavy atom. The number of benzene rings is 1. The van der Waals surface area contributed by atoms with Crippen molar-refractivity contribution in [1.82, 2.24) is 0 Å². The molecule has 0 radical (unpaired) electrons. The predicted octanol–water partition coefficient (Wildman–Crippen LogP) is 3.23. The Labute approximate surface area is 122 Å². The molecule has 5 heteroatoms. The molecule has 1 aromatic rings. The number of aryl methyl sites for hydroxylation is 1. The van der Waals surface area contributed by atoms with Crippen molar-refractivity contribution in [2.75, 3.05) is 13.2 Å². The van der Waals surface area contributed by atoms with E-state index < -0.39 is 0 Å². The molecule has 0 aliphatic carbocycles. The highest BCUT2D eigenvalue weighted by Gasteiger charge is 2.24. The third-order valence-corrected chi connectivity index (χ3v) is 3.68. The number of esters is 1. The lowest BCUT2D eigenvalue weighted by Gasteiger charge is -2.06. The number of nitrogens with zero attached hydrogens (tertiary/aromatic N) is 1. The second kappa shape index (κ2) is 6.61. The van der Waals surface area contributed by atoms with Crippen molar-refractivity contribution in [3.8, 4) is 0 Å². The zero-order chi connectivity index (χ0) is 14.5. The minimum Gasteiger partial charge on any atom is -0.471 e. The summed E-state index contributed by atoms with van der Waals surface area (Å²) in [6.07, 6.45) is 0. The smallest absolute Gasteiger partial charge is 0.333 e. The lowest BCUT2D eigenvalue weighted by molar-refractivity contribution is -0.138. The standard InChI is InChI=1S/C15H17NO3S/c1-10(2)14(17)18-8-13-9-19-15(20-13)16-12-6-4-11(3)5-7-12/h4-7,13H,1,8-9H2,2-3H3. The van der Waals surface area contributed by atoms with Crippen LogP contribution in [0.3, 0.4) is 0 Å². The van der Waals surface area contributed by atoms with E-state index in [1.807, 2.05) is 31.2 Å². The average molecular weight is 291 g/mol. The zero-order valence-electron chi connectivity index (χ0n) is 11.6. The maximum atomic E-state index is 11.3. The first-order valence-corrected chi connectivity index (χ1v) is 7.20. The third-order valence-electron chi connectivity index (χ3n) is 2.66. The van der Waals surface area contributed by atoms with Gasteiger partial charge in [0, 0.05) is 5.57 Å².